The first-order chi connectivity index (χ1) is 13.7. The normalized spacial score (nSPS) is 11.0. The average molecular weight is 360 g/mol. The number of nitriles is 1. The minimum Gasteiger partial charge on any atom is -0.455 e. The van der Waals surface area contributed by atoms with Crippen LogP contribution in [0.5, 0.6) is 0 Å². The summed E-state index contributed by atoms with van der Waals surface area (Å²) in [6.45, 7) is 2.05. The number of furan rings is 1. The molecule has 28 heavy (non-hydrogen) atoms. The molecule has 0 N–H and O–H groups in total. The molecule has 3 heteroatoms. The van der Waals surface area contributed by atoms with Crippen LogP contribution in [0.3, 0.4) is 0 Å². The van der Waals surface area contributed by atoms with E-state index >= 15 is 0 Å². The molecule has 132 valence electrons. The van der Waals surface area contributed by atoms with Crippen molar-refractivity contribution < 1.29 is 4.42 Å². The van der Waals surface area contributed by atoms with Crippen molar-refractivity contribution in [3.05, 3.63) is 90.1 Å². The summed E-state index contributed by atoms with van der Waals surface area (Å²) in [5, 5.41) is 11.7. The Morgan fingerprint density at radius 1 is 0.857 bits per heavy atom. The standard InChI is InChI=1S/C25H16N2O/c1-16-8-10-17(11-9-16)21-14-24-22(13-18(21)15-26)19-5-4-6-20(25(19)28-24)23-7-2-3-12-27-23/h2-14H,1H3. The zero-order chi connectivity index (χ0) is 19.1. The average Bonchev–Trinajstić information content (AvgIpc) is 3.11. The van der Waals surface area contributed by atoms with Crippen molar-refractivity contribution in [1.29, 1.82) is 5.26 Å². The van der Waals surface area contributed by atoms with E-state index < -0.39 is 0 Å². The second kappa shape index (κ2) is 6.37. The van der Waals surface area contributed by atoms with E-state index in [0.717, 1.165) is 44.3 Å². The highest BCUT2D eigenvalue weighted by Gasteiger charge is 2.16. The topological polar surface area (TPSA) is 49.8 Å². The molecule has 0 radical (unpaired) electrons. The van der Waals surface area contributed by atoms with Crippen LogP contribution >= 0.6 is 0 Å². The highest BCUT2D eigenvalue weighted by Crippen LogP contribution is 2.38. The van der Waals surface area contributed by atoms with Crippen molar-refractivity contribution in [1.82, 2.24) is 4.98 Å². The van der Waals surface area contributed by atoms with E-state index in [2.05, 4.69) is 30.1 Å². The molecule has 0 bridgehead atoms. The molecular weight excluding hydrogens is 344 g/mol. The molecule has 3 nitrogen and oxygen atoms in total. The molecule has 2 heterocycles. The summed E-state index contributed by atoms with van der Waals surface area (Å²) < 4.78 is 6.27. The monoisotopic (exact) mass is 360 g/mol. The molecule has 0 saturated carbocycles. The van der Waals surface area contributed by atoms with Gasteiger partial charge in [0, 0.05) is 28.1 Å². The minimum absolute atomic E-state index is 0.641. The number of benzene rings is 3. The minimum atomic E-state index is 0.641. The molecule has 2 aromatic heterocycles. The lowest BCUT2D eigenvalue weighted by Gasteiger charge is -2.05. The number of aryl methyl sites for hydroxylation is 1. The van der Waals surface area contributed by atoms with E-state index in [1.807, 2.05) is 60.7 Å². The molecule has 0 aliphatic carbocycles. The van der Waals surface area contributed by atoms with E-state index in [0.29, 0.717) is 5.56 Å². The van der Waals surface area contributed by atoms with Crippen LogP contribution in [0.2, 0.25) is 0 Å². The third-order valence-electron chi connectivity index (χ3n) is 5.06. The van der Waals surface area contributed by atoms with Gasteiger partial charge in [0.05, 0.1) is 17.3 Å². The zero-order valence-electron chi connectivity index (χ0n) is 15.3. The Kier molecular flexibility index (Phi) is 3.70. The zero-order valence-corrected chi connectivity index (χ0v) is 15.3. The van der Waals surface area contributed by atoms with Gasteiger partial charge in [-0.3, -0.25) is 4.98 Å². The van der Waals surface area contributed by atoms with Crippen molar-refractivity contribution in [3.8, 4) is 28.5 Å². The van der Waals surface area contributed by atoms with Gasteiger partial charge in [-0.1, -0.05) is 48.0 Å². The van der Waals surface area contributed by atoms with Gasteiger partial charge in [-0.2, -0.15) is 5.26 Å². The Labute approximate surface area is 162 Å². The fourth-order valence-corrected chi connectivity index (χ4v) is 3.63. The number of pyridine rings is 1. The molecule has 5 rings (SSSR count). The van der Waals surface area contributed by atoms with Gasteiger partial charge in [0.2, 0.25) is 0 Å². The summed E-state index contributed by atoms with van der Waals surface area (Å²) in [4.78, 5) is 4.46. The molecule has 0 spiro atoms. The van der Waals surface area contributed by atoms with E-state index in [1.54, 1.807) is 6.20 Å². The predicted molar refractivity (Wildman–Crippen MR) is 112 cm³/mol. The Bertz CT molecular complexity index is 1360. The number of nitrogens with zero attached hydrogens (tertiary/aromatic N) is 2. The summed E-state index contributed by atoms with van der Waals surface area (Å²) in [6.07, 6.45) is 1.78. The van der Waals surface area contributed by atoms with Crippen LogP contribution in [0.15, 0.2) is 83.4 Å². The van der Waals surface area contributed by atoms with Gasteiger partial charge in [-0.25, -0.2) is 0 Å². The van der Waals surface area contributed by atoms with Gasteiger partial charge >= 0.3 is 0 Å². The molecule has 3 aromatic carbocycles. The highest BCUT2D eigenvalue weighted by molar-refractivity contribution is 6.10. The fourth-order valence-electron chi connectivity index (χ4n) is 3.63. The summed E-state index contributed by atoms with van der Waals surface area (Å²) in [5.74, 6) is 0. The molecule has 0 saturated heterocycles. The second-order valence-electron chi connectivity index (χ2n) is 6.87. The van der Waals surface area contributed by atoms with Crippen LogP contribution in [0.1, 0.15) is 11.1 Å². The first-order valence-electron chi connectivity index (χ1n) is 9.12. The Morgan fingerprint density at radius 2 is 1.71 bits per heavy atom. The number of rotatable bonds is 2. The molecule has 0 unspecified atom stereocenters. The molecule has 0 fully saturated rings. The molecule has 5 aromatic rings. The lowest BCUT2D eigenvalue weighted by molar-refractivity contribution is 0.670. The number of aromatic nitrogens is 1. The van der Waals surface area contributed by atoms with Crippen LogP contribution < -0.4 is 0 Å². The Hall–Kier alpha value is -3.90. The van der Waals surface area contributed by atoms with E-state index in [4.69, 9.17) is 4.42 Å². The predicted octanol–water partition coefficient (Wildman–Crippen LogP) is 6.50. The first-order valence-corrected chi connectivity index (χ1v) is 9.12. The summed E-state index contributed by atoms with van der Waals surface area (Å²) in [6, 6.07) is 26.3. The lowest BCUT2D eigenvalue weighted by atomic mass is 9.97. The molecule has 0 atom stereocenters. The van der Waals surface area contributed by atoms with Crippen LogP contribution in [-0.2, 0) is 0 Å². The quantitative estimate of drug-likeness (QED) is 0.361. The highest BCUT2D eigenvalue weighted by atomic mass is 16.3. The Balaban J connectivity index is 1.80. The van der Waals surface area contributed by atoms with E-state index in [9.17, 15) is 5.26 Å². The molecule has 0 aliphatic rings. The largest absolute Gasteiger partial charge is 0.455 e. The molecular formula is C25H16N2O. The van der Waals surface area contributed by atoms with Crippen molar-refractivity contribution in [2.45, 2.75) is 6.92 Å². The van der Waals surface area contributed by atoms with Gasteiger partial charge < -0.3 is 4.42 Å². The Morgan fingerprint density at radius 3 is 2.46 bits per heavy atom. The maximum Gasteiger partial charge on any atom is 0.144 e. The third kappa shape index (κ3) is 2.55. The van der Waals surface area contributed by atoms with Crippen molar-refractivity contribution in [3.63, 3.8) is 0 Å². The van der Waals surface area contributed by atoms with Crippen molar-refractivity contribution >= 4 is 21.9 Å². The van der Waals surface area contributed by atoms with Crippen molar-refractivity contribution in [2.75, 3.05) is 0 Å². The smallest absolute Gasteiger partial charge is 0.144 e. The van der Waals surface area contributed by atoms with Gasteiger partial charge in [0.15, 0.2) is 0 Å². The summed E-state index contributed by atoms with van der Waals surface area (Å²) >= 11 is 0. The number of hydrogen-bond donors (Lipinski definition) is 0. The number of fused-ring (bicyclic) bond motifs is 3. The molecule has 0 amide bonds. The van der Waals surface area contributed by atoms with Crippen LogP contribution in [0.4, 0.5) is 0 Å². The van der Waals surface area contributed by atoms with Crippen molar-refractivity contribution in [2.24, 2.45) is 0 Å². The van der Waals surface area contributed by atoms with E-state index in [-0.39, 0.29) is 0 Å². The first kappa shape index (κ1) is 16.3. The SMILES string of the molecule is Cc1ccc(-c2cc3oc4c(-c5ccccn5)cccc4c3cc2C#N)cc1. The van der Waals surface area contributed by atoms with E-state index in [1.165, 1.54) is 5.56 Å². The fraction of sp³-hybridized carbons (Fsp3) is 0.0400. The summed E-state index contributed by atoms with van der Waals surface area (Å²) in [5.41, 5.74) is 7.10. The van der Waals surface area contributed by atoms with Gasteiger partial charge in [0.25, 0.3) is 0 Å². The van der Waals surface area contributed by atoms with Crippen LogP contribution in [-0.4, -0.2) is 4.98 Å². The summed E-state index contributed by atoms with van der Waals surface area (Å²) in [7, 11) is 0. The lowest BCUT2D eigenvalue weighted by Crippen LogP contribution is -1.85. The van der Waals surface area contributed by atoms with Crippen LogP contribution in [0.25, 0.3) is 44.3 Å². The van der Waals surface area contributed by atoms with Gasteiger partial charge in [-0.15, -0.1) is 0 Å². The van der Waals surface area contributed by atoms with Gasteiger partial charge in [-0.05, 0) is 42.8 Å². The number of para-hydroxylation sites is 1. The second-order valence-corrected chi connectivity index (χ2v) is 6.87. The maximum atomic E-state index is 9.75. The number of hydrogen-bond acceptors (Lipinski definition) is 3. The third-order valence-corrected chi connectivity index (χ3v) is 5.06. The van der Waals surface area contributed by atoms with Gasteiger partial charge in [0.1, 0.15) is 11.2 Å². The van der Waals surface area contributed by atoms with Crippen LogP contribution in [0, 0.1) is 18.3 Å². The molecule has 0 aliphatic heterocycles. The maximum absolute atomic E-state index is 9.75.